The summed E-state index contributed by atoms with van der Waals surface area (Å²) in [5.74, 6) is 0.608. The Hall–Kier alpha value is -1.72. The summed E-state index contributed by atoms with van der Waals surface area (Å²) >= 11 is 12.2. The van der Waals surface area contributed by atoms with Crippen LogP contribution in [-0.4, -0.2) is 25.6 Å². The van der Waals surface area contributed by atoms with Crippen LogP contribution in [0.15, 0.2) is 24.3 Å². The molecule has 146 valence electrons. The lowest BCUT2D eigenvalue weighted by Gasteiger charge is -2.25. The molecule has 1 aliphatic carbocycles. The normalized spacial score (nSPS) is 18.3. The number of carbonyl (C=O) groups is 1. The Balaban J connectivity index is 1.61. The summed E-state index contributed by atoms with van der Waals surface area (Å²) < 4.78 is 7.09. The second kappa shape index (κ2) is 7.02. The largest absolute Gasteiger partial charge is 0.478 e. The number of nitrogens with zero attached hydrogens (tertiary/aromatic N) is 2. The van der Waals surface area contributed by atoms with Crippen LogP contribution in [0.3, 0.4) is 0 Å². The van der Waals surface area contributed by atoms with E-state index >= 15 is 0 Å². The van der Waals surface area contributed by atoms with Gasteiger partial charge in [0.1, 0.15) is 10.1 Å². The first-order chi connectivity index (χ1) is 12.5. The van der Waals surface area contributed by atoms with Crippen molar-refractivity contribution in [3.8, 4) is 5.75 Å². The van der Waals surface area contributed by atoms with Gasteiger partial charge in [-0.2, -0.15) is 5.10 Å². The number of nitrogens with one attached hydrogen (secondary N) is 1. The van der Waals surface area contributed by atoms with E-state index in [1.165, 1.54) is 0 Å². The molecule has 0 spiro atoms. The first-order valence-corrected chi connectivity index (χ1v) is 9.71. The fourth-order valence-electron chi connectivity index (χ4n) is 3.14. The van der Waals surface area contributed by atoms with Crippen LogP contribution < -0.4 is 10.1 Å². The van der Waals surface area contributed by atoms with Crippen LogP contribution in [0.25, 0.3) is 0 Å². The number of halogens is 2. The quantitative estimate of drug-likeness (QED) is 0.728. The van der Waals surface area contributed by atoms with Crippen LogP contribution in [0.5, 0.6) is 5.75 Å². The van der Waals surface area contributed by atoms with Crippen molar-refractivity contribution in [3.05, 3.63) is 46.8 Å². The van der Waals surface area contributed by atoms with Crippen molar-refractivity contribution in [2.24, 2.45) is 7.05 Å². The summed E-state index contributed by atoms with van der Waals surface area (Å²) in [6.45, 7) is 7.85. The SMILES string of the molecule is Cc1nn(C)c(C)c1CNC(=O)C(C)(C)Oc1ccc([C@H]2CC2(Cl)Cl)cc1. The van der Waals surface area contributed by atoms with Crippen molar-refractivity contribution in [1.82, 2.24) is 15.1 Å². The minimum Gasteiger partial charge on any atom is -0.478 e. The number of aryl methyl sites for hydroxylation is 2. The van der Waals surface area contributed by atoms with Gasteiger partial charge in [-0.25, -0.2) is 0 Å². The molecule has 5 nitrogen and oxygen atoms in total. The highest BCUT2D eigenvalue weighted by Gasteiger charge is 2.52. The molecule has 1 aromatic carbocycles. The maximum atomic E-state index is 12.6. The standard InChI is InChI=1S/C20H25Cl2N3O2/c1-12-16(13(2)25(5)24-12)11-23-18(26)19(3,4)27-15-8-6-14(7-9-15)17-10-20(17,21)22/h6-9,17H,10-11H2,1-5H3,(H,23,26)/t17-/m1/s1. The van der Waals surface area contributed by atoms with Gasteiger partial charge in [0, 0.05) is 30.8 Å². The Morgan fingerprint density at radius 1 is 1.33 bits per heavy atom. The van der Waals surface area contributed by atoms with E-state index in [-0.39, 0.29) is 11.8 Å². The molecule has 1 saturated carbocycles. The molecule has 1 atom stereocenters. The van der Waals surface area contributed by atoms with Crippen LogP contribution in [0, 0.1) is 13.8 Å². The van der Waals surface area contributed by atoms with E-state index in [1.54, 1.807) is 13.8 Å². The van der Waals surface area contributed by atoms with Gasteiger partial charge >= 0.3 is 0 Å². The lowest BCUT2D eigenvalue weighted by molar-refractivity contribution is -0.134. The number of amides is 1. The number of hydrogen-bond acceptors (Lipinski definition) is 3. The molecule has 0 saturated heterocycles. The van der Waals surface area contributed by atoms with E-state index in [2.05, 4.69) is 10.4 Å². The maximum Gasteiger partial charge on any atom is 0.263 e. The zero-order chi connectivity index (χ0) is 20.0. The first-order valence-electron chi connectivity index (χ1n) is 8.95. The second-order valence-electron chi connectivity index (χ2n) is 7.65. The van der Waals surface area contributed by atoms with Gasteiger partial charge in [0.15, 0.2) is 5.60 Å². The van der Waals surface area contributed by atoms with Crippen molar-refractivity contribution >= 4 is 29.1 Å². The maximum absolute atomic E-state index is 12.6. The van der Waals surface area contributed by atoms with Crippen LogP contribution in [0.4, 0.5) is 0 Å². The van der Waals surface area contributed by atoms with Crippen LogP contribution in [0.2, 0.25) is 0 Å². The fourth-order valence-corrected chi connectivity index (χ4v) is 3.70. The average Bonchev–Trinajstić information content (AvgIpc) is 3.15. The molecule has 1 N–H and O–H groups in total. The van der Waals surface area contributed by atoms with Crippen molar-refractivity contribution in [2.45, 2.75) is 56.5 Å². The molecule has 1 aromatic heterocycles. The van der Waals surface area contributed by atoms with Gasteiger partial charge in [-0.15, -0.1) is 23.2 Å². The Kier molecular flexibility index (Phi) is 5.21. The number of carbonyl (C=O) groups excluding carboxylic acids is 1. The summed E-state index contributed by atoms with van der Waals surface area (Å²) in [7, 11) is 1.89. The molecule has 1 heterocycles. The zero-order valence-corrected chi connectivity index (χ0v) is 17.8. The minimum absolute atomic E-state index is 0.164. The van der Waals surface area contributed by atoms with Gasteiger partial charge in [-0.05, 0) is 51.8 Å². The molecule has 27 heavy (non-hydrogen) atoms. The number of benzene rings is 1. The van der Waals surface area contributed by atoms with E-state index in [9.17, 15) is 4.79 Å². The molecular weight excluding hydrogens is 385 g/mol. The molecule has 0 aliphatic heterocycles. The van der Waals surface area contributed by atoms with Crippen molar-refractivity contribution in [1.29, 1.82) is 0 Å². The molecular formula is C20H25Cl2N3O2. The van der Waals surface area contributed by atoms with Gasteiger partial charge < -0.3 is 10.1 Å². The molecule has 0 unspecified atom stereocenters. The minimum atomic E-state index is -1.01. The number of aromatic nitrogens is 2. The highest BCUT2D eigenvalue weighted by Crippen LogP contribution is 2.59. The molecule has 1 amide bonds. The molecule has 0 radical (unpaired) electrons. The van der Waals surface area contributed by atoms with Gasteiger partial charge in [-0.3, -0.25) is 9.48 Å². The van der Waals surface area contributed by atoms with Crippen molar-refractivity contribution in [2.75, 3.05) is 0 Å². The van der Waals surface area contributed by atoms with Gasteiger partial charge in [-0.1, -0.05) is 12.1 Å². The molecule has 1 fully saturated rings. The van der Waals surface area contributed by atoms with Crippen LogP contribution in [0.1, 0.15) is 48.7 Å². The smallest absolute Gasteiger partial charge is 0.263 e. The zero-order valence-electron chi connectivity index (χ0n) is 16.3. The average molecular weight is 410 g/mol. The number of ether oxygens (including phenoxy) is 1. The van der Waals surface area contributed by atoms with Gasteiger partial charge in [0.25, 0.3) is 5.91 Å². The van der Waals surface area contributed by atoms with E-state index in [0.717, 1.165) is 28.9 Å². The summed E-state index contributed by atoms with van der Waals surface area (Å²) in [4.78, 5) is 12.6. The topological polar surface area (TPSA) is 56.2 Å². The Labute approximate surface area is 170 Å². The number of alkyl halides is 2. The third kappa shape index (κ3) is 4.25. The molecule has 7 heteroatoms. The summed E-state index contributed by atoms with van der Waals surface area (Å²) in [6.07, 6.45) is 0.761. The highest BCUT2D eigenvalue weighted by molar-refractivity contribution is 6.51. The van der Waals surface area contributed by atoms with E-state index in [4.69, 9.17) is 27.9 Å². The Morgan fingerprint density at radius 2 is 1.93 bits per heavy atom. The third-order valence-corrected chi connectivity index (χ3v) is 5.95. The van der Waals surface area contributed by atoms with Gasteiger partial charge in [0.05, 0.1) is 5.69 Å². The predicted molar refractivity (Wildman–Crippen MR) is 107 cm³/mol. The van der Waals surface area contributed by atoms with Crippen molar-refractivity contribution in [3.63, 3.8) is 0 Å². The van der Waals surface area contributed by atoms with Crippen LogP contribution in [-0.2, 0) is 18.4 Å². The lowest BCUT2D eigenvalue weighted by Crippen LogP contribution is -2.46. The lowest BCUT2D eigenvalue weighted by atomic mass is 10.1. The number of hydrogen-bond donors (Lipinski definition) is 1. The van der Waals surface area contributed by atoms with Gasteiger partial charge in [0.2, 0.25) is 0 Å². The summed E-state index contributed by atoms with van der Waals surface area (Å²) in [5, 5.41) is 7.32. The highest BCUT2D eigenvalue weighted by atomic mass is 35.5. The Morgan fingerprint density at radius 3 is 2.41 bits per heavy atom. The van der Waals surface area contributed by atoms with Crippen molar-refractivity contribution < 1.29 is 9.53 Å². The summed E-state index contributed by atoms with van der Waals surface area (Å²) in [6, 6.07) is 7.59. The van der Waals surface area contributed by atoms with E-state index < -0.39 is 9.93 Å². The van der Waals surface area contributed by atoms with Crippen LogP contribution >= 0.6 is 23.2 Å². The van der Waals surface area contributed by atoms with E-state index in [0.29, 0.717) is 12.3 Å². The second-order valence-corrected chi connectivity index (χ2v) is 9.20. The predicted octanol–water partition coefficient (Wildman–Crippen LogP) is 4.17. The van der Waals surface area contributed by atoms with E-state index in [1.807, 2.05) is 49.8 Å². The first kappa shape index (κ1) is 20.0. The molecule has 2 aromatic rings. The summed E-state index contributed by atoms with van der Waals surface area (Å²) in [5.41, 5.74) is 3.06. The Bertz CT molecular complexity index is 857. The number of rotatable bonds is 6. The fraction of sp³-hybridized carbons (Fsp3) is 0.500. The molecule has 0 bridgehead atoms. The molecule has 3 rings (SSSR count). The molecule has 1 aliphatic rings. The monoisotopic (exact) mass is 409 g/mol. The third-order valence-electron chi connectivity index (χ3n) is 5.11.